The highest BCUT2D eigenvalue weighted by Crippen LogP contribution is 2.28. The fourth-order valence-corrected chi connectivity index (χ4v) is 3.94. The maximum atomic E-state index is 13.0. The van der Waals surface area contributed by atoms with Gasteiger partial charge in [-0.2, -0.15) is 0 Å². The standard InChI is InChI=1S/C21H30N2O2/c1-4-6-10-19-20(17-9-7-8-11-18(17)25-19)21(24)22-16-12-13-23(5-2)15(3)14-16/h7-9,11,15-16H,4-6,10,12-14H2,1-3H3,(H,22,24). The molecule has 1 aromatic heterocycles. The summed E-state index contributed by atoms with van der Waals surface area (Å²) in [5, 5.41) is 4.22. The predicted molar refractivity (Wildman–Crippen MR) is 102 cm³/mol. The van der Waals surface area contributed by atoms with Crippen molar-refractivity contribution in [2.24, 2.45) is 0 Å². The summed E-state index contributed by atoms with van der Waals surface area (Å²) in [6.07, 6.45) is 4.97. The van der Waals surface area contributed by atoms with Crippen molar-refractivity contribution in [3.05, 3.63) is 35.6 Å². The van der Waals surface area contributed by atoms with Crippen molar-refractivity contribution in [3.63, 3.8) is 0 Å². The summed E-state index contributed by atoms with van der Waals surface area (Å²) in [5.41, 5.74) is 1.56. The highest BCUT2D eigenvalue weighted by molar-refractivity contribution is 6.07. The van der Waals surface area contributed by atoms with Gasteiger partial charge in [-0.05, 0) is 38.8 Å². The summed E-state index contributed by atoms with van der Waals surface area (Å²) in [5.74, 6) is 0.859. The van der Waals surface area contributed by atoms with Gasteiger partial charge in [-0.1, -0.05) is 38.5 Å². The summed E-state index contributed by atoms with van der Waals surface area (Å²) >= 11 is 0. The van der Waals surface area contributed by atoms with Crippen LogP contribution in [0.1, 0.15) is 62.6 Å². The molecule has 4 heteroatoms. The third-order valence-electron chi connectivity index (χ3n) is 5.41. The van der Waals surface area contributed by atoms with E-state index in [-0.39, 0.29) is 11.9 Å². The minimum Gasteiger partial charge on any atom is -0.460 e. The molecule has 1 aromatic carbocycles. The molecule has 4 nitrogen and oxygen atoms in total. The molecule has 2 aromatic rings. The summed E-state index contributed by atoms with van der Waals surface area (Å²) in [6.45, 7) is 8.74. The molecule has 0 spiro atoms. The lowest BCUT2D eigenvalue weighted by molar-refractivity contribution is 0.0881. The Hall–Kier alpha value is -1.81. The Morgan fingerprint density at radius 3 is 2.84 bits per heavy atom. The average molecular weight is 342 g/mol. The second kappa shape index (κ2) is 8.05. The zero-order valence-electron chi connectivity index (χ0n) is 15.7. The predicted octanol–water partition coefficient (Wildman–Crippen LogP) is 4.38. The molecule has 0 bridgehead atoms. The molecule has 136 valence electrons. The molecule has 1 aliphatic heterocycles. The minimum atomic E-state index is 0.0261. The normalized spacial score (nSPS) is 21.6. The van der Waals surface area contributed by atoms with Gasteiger partial charge in [0.15, 0.2) is 0 Å². The highest BCUT2D eigenvalue weighted by Gasteiger charge is 2.27. The number of amides is 1. The van der Waals surface area contributed by atoms with Crippen LogP contribution in [0.3, 0.4) is 0 Å². The van der Waals surface area contributed by atoms with Crippen LogP contribution in [0, 0.1) is 0 Å². The van der Waals surface area contributed by atoms with E-state index in [0.717, 1.165) is 67.5 Å². The molecule has 2 unspecified atom stereocenters. The maximum absolute atomic E-state index is 13.0. The summed E-state index contributed by atoms with van der Waals surface area (Å²) < 4.78 is 6.00. The van der Waals surface area contributed by atoms with Crippen LogP contribution >= 0.6 is 0 Å². The number of rotatable bonds is 6. The van der Waals surface area contributed by atoms with Crippen LogP contribution in [0.4, 0.5) is 0 Å². The molecule has 1 aliphatic rings. The molecule has 0 aliphatic carbocycles. The topological polar surface area (TPSA) is 45.5 Å². The molecular formula is C21H30N2O2. The van der Waals surface area contributed by atoms with Gasteiger partial charge in [0.2, 0.25) is 0 Å². The molecule has 0 radical (unpaired) electrons. The molecule has 2 atom stereocenters. The first-order chi connectivity index (χ1) is 12.1. The minimum absolute atomic E-state index is 0.0261. The molecule has 1 N–H and O–H groups in total. The summed E-state index contributed by atoms with van der Waals surface area (Å²) in [7, 11) is 0. The van der Waals surface area contributed by atoms with E-state index in [1.807, 2.05) is 24.3 Å². The van der Waals surface area contributed by atoms with E-state index in [1.165, 1.54) is 0 Å². The molecule has 1 amide bonds. The third-order valence-corrected chi connectivity index (χ3v) is 5.41. The molecule has 1 fully saturated rings. The van der Waals surface area contributed by atoms with Crippen LogP contribution in [-0.2, 0) is 6.42 Å². The highest BCUT2D eigenvalue weighted by atomic mass is 16.3. The number of carbonyl (C=O) groups is 1. The van der Waals surface area contributed by atoms with Gasteiger partial charge in [-0.3, -0.25) is 4.79 Å². The van der Waals surface area contributed by atoms with Crippen LogP contribution in [0.5, 0.6) is 0 Å². The quantitative estimate of drug-likeness (QED) is 0.847. The first-order valence-electron chi connectivity index (χ1n) is 9.69. The van der Waals surface area contributed by atoms with E-state index in [4.69, 9.17) is 4.42 Å². The van der Waals surface area contributed by atoms with Gasteiger partial charge in [0.1, 0.15) is 11.3 Å². The number of nitrogens with zero attached hydrogens (tertiary/aromatic N) is 1. The number of aryl methyl sites for hydroxylation is 1. The van der Waals surface area contributed by atoms with Gasteiger partial charge < -0.3 is 14.6 Å². The summed E-state index contributed by atoms with van der Waals surface area (Å²) in [4.78, 5) is 15.5. The van der Waals surface area contributed by atoms with Gasteiger partial charge in [-0.15, -0.1) is 0 Å². The Kier molecular flexibility index (Phi) is 5.79. The molecule has 2 heterocycles. The van der Waals surface area contributed by atoms with Crippen LogP contribution in [0.2, 0.25) is 0 Å². The third kappa shape index (κ3) is 3.90. The number of hydrogen-bond acceptors (Lipinski definition) is 3. The number of piperidine rings is 1. The Labute approximate surface area is 150 Å². The van der Waals surface area contributed by atoms with Crippen molar-refractivity contribution in [1.82, 2.24) is 10.2 Å². The molecule has 0 saturated carbocycles. The van der Waals surface area contributed by atoms with E-state index in [2.05, 4.69) is 31.0 Å². The van der Waals surface area contributed by atoms with Gasteiger partial charge in [0.25, 0.3) is 5.91 Å². The van der Waals surface area contributed by atoms with Crippen molar-refractivity contribution >= 4 is 16.9 Å². The number of para-hydroxylation sites is 1. The fraction of sp³-hybridized carbons (Fsp3) is 0.571. The number of fused-ring (bicyclic) bond motifs is 1. The first kappa shape index (κ1) is 18.0. The molecule has 3 rings (SSSR count). The molecule has 25 heavy (non-hydrogen) atoms. The van der Waals surface area contributed by atoms with Crippen LogP contribution in [0.15, 0.2) is 28.7 Å². The smallest absolute Gasteiger partial charge is 0.255 e. The van der Waals surface area contributed by atoms with Crippen LogP contribution in [0.25, 0.3) is 11.0 Å². The van der Waals surface area contributed by atoms with Gasteiger partial charge >= 0.3 is 0 Å². The lowest BCUT2D eigenvalue weighted by Gasteiger charge is -2.37. The Bertz CT molecular complexity index is 722. The van der Waals surface area contributed by atoms with E-state index in [0.29, 0.717) is 6.04 Å². The number of hydrogen-bond donors (Lipinski definition) is 1. The SMILES string of the molecule is CCCCc1oc2ccccc2c1C(=O)NC1CCN(CC)C(C)C1. The molecule has 1 saturated heterocycles. The largest absolute Gasteiger partial charge is 0.460 e. The van der Waals surface area contributed by atoms with Crippen molar-refractivity contribution in [3.8, 4) is 0 Å². The number of nitrogens with one attached hydrogen (secondary N) is 1. The van der Waals surface area contributed by atoms with Crippen LogP contribution < -0.4 is 5.32 Å². The number of likely N-dealkylation sites (tertiary alicyclic amines) is 1. The number of benzene rings is 1. The van der Waals surface area contributed by atoms with E-state index >= 15 is 0 Å². The van der Waals surface area contributed by atoms with Crippen molar-refractivity contribution in [2.75, 3.05) is 13.1 Å². The lowest BCUT2D eigenvalue weighted by atomic mass is 9.97. The number of carbonyl (C=O) groups excluding carboxylic acids is 1. The van der Waals surface area contributed by atoms with Gasteiger partial charge in [-0.25, -0.2) is 0 Å². The second-order valence-corrected chi connectivity index (χ2v) is 7.17. The monoisotopic (exact) mass is 342 g/mol. The average Bonchev–Trinajstić information content (AvgIpc) is 2.98. The van der Waals surface area contributed by atoms with E-state index in [1.54, 1.807) is 0 Å². The van der Waals surface area contributed by atoms with Gasteiger partial charge in [0.05, 0.1) is 5.56 Å². The summed E-state index contributed by atoms with van der Waals surface area (Å²) in [6, 6.07) is 8.64. The Morgan fingerprint density at radius 1 is 1.32 bits per heavy atom. The van der Waals surface area contributed by atoms with Crippen molar-refractivity contribution in [2.45, 2.75) is 65.0 Å². The zero-order valence-corrected chi connectivity index (χ0v) is 15.7. The lowest BCUT2D eigenvalue weighted by Crippen LogP contribution is -2.48. The number of unbranched alkanes of at least 4 members (excludes halogenated alkanes) is 1. The Morgan fingerprint density at radius 2 is 2.12 bits per heavy atom. The molecular weight excluding hydrogens is 312 g/mol. The fourth-order valence-electron chi connectivity index (χ4n) is 3.94. The number of furan rings is 1. The second-order valence-electron chi connectivity index (χ2n) is 7.17. The van der Waals surface area contributed by atoms with E-state index < -0.39 is 0 Å². The Balaban J connectivity index is 1.79. The first-order valence-corrected chi connectivity index (χ1v) is 9.69. The van der Waals surface area contributed by atoms with Gasteiger partial charge in [0, 0.05) is 30.4 Å². The van der Waals surface area contributed by atoms with Crippen molar-refractivity contribution < 1.29 is 9.21 Å². The van der Waals surface area contributed by atoms with Crippen molar-refractivity contribution in [1.29, 1.82) is 0 Å². The maximum Gasteiger partial charge on any atom is 0.255 e. The van der Waals surface area contributed by atoms with E-state index in [9.17, 15) is 4.79 Å². The van der Waals surface area contributed by atoms with Crippen LogP contribution in [-0.4, -0.2) is 36.0 Å². The zero-order chi connectivity index (χ0) is 17.8.